The Morgan fingerprint density at radius 2 is 2.08 bits per heavy atom. The molecule has 2 aliphatic rings. The monoisotopic (exact) mass is 347 g/mol. The van der Waals surface area contributed by atoms with Gasteiger partial charge in [-0.3, -0.25) is 9.69 Å². The number of hydrogen-bond acceptors (Lipinski definition) is 5. The van der Waals surface area contributed by atoms with Gasteiger partial charge in [-0.25, -0.2) is 4.98 Å². The van der Waals surface area contributed by atoms with Crippen molar-refractivity contribution in [2.75, 3.05) is 39.4 Å². The molecule has 0 radical (unpaired) electrons. The molecule has 6 heteroatoms. The first kappa shape index (κ1) is 18.1. The molecule has 0 N–H and O–H groups in total. The molecule has 1 aromatic rings. The van der Waals surface area contributed by atoms with E-state index in [2.05, 4.69) is 16.8 Å². The normalized spacial score (nSPS) is 24.7. The van der Waals surface area contributed by atoms with Gasteiger partial charge in [0.25, 0.3) is 5.91 Å². The standard InChI is InChI=1S/C19H29N3O3/c1-4-15-12-22(13-17(15)21-7-9-24-10-8-21)19(23)16-5-6-18(20-11-16)25-14(2)3/h5-6,11,14-15,17H,4,7-10,12-13H2,1-3H3/t15-,17-/m1/s1. The number of hydrogen-bond donors (Lipinski definition) is 0. The van der Waals surface area contributed by atoms with Crippen molar-refractivity contribution in [3.05, 3.63) is 23.9 Å². The van der Waals surface area contributed by atoms with Crippen molar-refractivity contribution in [3.63, 3.8) is 0 Å². The van der Waals surface area contributed by atoms with Crippen LogP contribution >= 0.6 is 0 Å². The molecular weight excluding hydrogens is 318 g/mol. The largest absolute Gasteiger partial charge is 0.475 e. The Labute approximate surface area is 150 Å². The van der Waals surface area contributed by atoms with Gasteiger partial charge in [-0.1, -0.05) is 13.3 Å². The second-order valence-electron chi connectivity index (χ2n) is 7.15. The van der Waals surface area contributed by atoms with Gasteiger partial charge in [0.1, 0.15) is 0 Å². The minimum Gasteiger partial charge on any atom is -0.475 e. The van der Waals surface area contributed by atoms with E-state index in [4.69, 9.17) is 9.47 Å². The van der Waals surface area contributed by atoms with E-state index in [0.29, 0.717) is 23.4 Å². The predicted octanol–water partition coefficient (Wildman–Crippen LogP) is 2.05. The van der Waals surface area contributed by atoms with E-state index in [1.807, 2.05) is 24.8 Å². The molecule has 25 heavy (non-hydrogen) atoms. The van der Waals surface area contributed by atoms with Gasteiger partial charge in [-0.05, 0) is 25.8 Å². The summed E-state index contributed by atoms with van der Waals surface area (Å²) in [5.41, 5.74) is 0.633. The van der Waals surface area contributed by atoms with Crippen LogP contribution in [0, 0.1) is 5.92 Å². The highest BCUT2D eigenvalue weighted by Gasteiger charge is 2.38. The van der Waals surface area contributed by atoms with Crippen LogP contribution in [-0.4, -0.2) is 72.2 Å². The summed E-state index contributed by atoms with van der Waals surface area (Å²) >= 11 is 0. The average Bonchev–Trinajstić information content (AvgIpc) is 3.06. The lowest BCUT2D eigenvalue weighted by Crippen LogP contribution is -2.47. The lowest BCUT2D eigenvalue weighted by molar-refractivity contribution is 0.0103. The molecule has 3 heterocycles. The van der Waals surface area contributed by atoms with Crippen molar-refractivity contribution in [1.29, 1.82) is 0 Å². The van der Waals surface area contributed by atoms with Gasteiger partial charge in [-0.2, -0.15) is 0 Å². The number of carbonyl (C=O) groups is 1. The third-order valence-electron chi connectivity index (χ3n) is 5.07. The summed E-state index contributed by atoms with van der Waals surface area (Å²) in [4.78, 5) is 21.6. The van der Waals surface area contributed by atoms with Crippen LogP contribution in [0.4, 0.5) is 0 Å². The Balaban J connectivity index is 1.65. The molecule has 138 valence electrons. The molecule has 2 aliphatic heterocycles. The Bertz CT molecular complexity index is 570. The van der Waals surface area contributed by atoms with E-state index in [1.54, 1.807) is 12.3 Å². The van der Waals surface area contributed by atoms with Crippen LogP contribution in [0.15, 0.2) is 18.3 Å². The van der Waals surface area contributed by atoms with Crippen molar-refractivity contribution in [3.8, 4) is 5.88 Å². The molecule has 0 aromatic carbocycles. The molecule has 6 nitrogen and oxygen atoms in total. The zero-order valence-corrected chi connectivity index (χ0v) is 15.5. The van der Waals surface area contributed by atoms with Crippen molar-refractivity contribution in [2.24, 2.45) is 5.92 Å². The maximum atomic E-state index is 12.9. The van der Waals surface area contributed by atoms with E-state index in [0.717, 1.165) is 45.8 Å². The average molecular weight is 347 g/mol. The molecule has 2 fully saturated rings. The fourth-order valence-electron chi connectivity index (χ4n) is 3.74. The Morgan fingerprint density at radius 1 is 1.32 bits per heavy atom. The minimum absolute atomic E-state index is 0.0674. The summed E-state index contributed by atoms with van der Waals surface area (Å²) in [6.07, 6.45) is 2.79. The first-order chi connectivity index (χ1) is 12.1. The maximum absolute atomic E-state index is 12.9. The van der Waals surface area contributed by atoms with Crippen LogP contribution in [-0.2, 0) is 4.74 Å². The molecule has 0 unspecified atom stereocenters. The first-order valence-electron chi connectivity index (χ1n) is 9.32. The van der Waals surface area contributed by atoms with E-state index >= 15 is 0 Å². The van der Waals surface area contributed by atoms with Crippen molar-refractivity contribution >= 4 is 5.91 Å². The SMILES string of the molecule is CC[C@@H]1CN(C(=O)c2ccc(OC(C)C)nc2)C[C@H]1N1CCOCC1. The highest BCUT2D eigenvalue weighted by molar-refractivity contribution is 5.94. The zero-order valence-electron chi connectivity index (χ0n) is 15.5. The molecular formula is C19H29N3O3. The topological polar surface area (TPSA) is 54.9 Å². The molecule has 1 aromatic heterocycles. The first-order valence-corrected chi connectivity index (χ1v) is 9.32. The van der Waals surface area contributed by atoms with Crippen LogP contribution in [0.3, 0.4) is 0 Å². The summed E-state index contributed by atoms with van der Waals surface area (Å²) in [7, 11) is 0. The molecule has 0 saturated carbocycles. The third-order valence-corrected chi connectivity index (χ3v) is 5.07. The third kappa shape index (κ3) is 4.30. The number of ether oxygens (including phenoxy) is 2. The summed E-state index contributed by atoms with van der Waals surface area (Å²) in [6, 6.07) is 4.03. The lowest BCUT2D eigenvalue weighted by atomic mass is 9.99. The second kappa shape index (κ2) is 8.15. The van der Waals surface area contributed by atoms with Crippen LogP contribution in [0.2, 0.25) is 0 Å². The molecule has 0 bridgehead atoms. The van der Waals surface area contributed by atoms with E-state index in [-0.39, 0.29) is 12.0 Å². The zero-order chi connectivity index (χ0) is 17.8. The molecule has 2 saturated heterocycles. The highest BCUT2D eigenvalue weighted by atomic mass is 16.5. The number of carbonyl (C=O) groups excluding carboxylic acids is 1. The molecule has 0 aliphatic carbocycles. The summed E-state index contributed by atoms with van der Waals surface area (Å²) in [5.74, 6) is 1.15. The molecule has 0 spiro atoms. The van der Waals surface area contributed by atoms with Gasteiger partial charge < -0.3 is 14.4 Å². The Hall–Kier alpha value is -1.66. The fraction of sp³-hybridized carbons (Fsp3) is 0.684. The number of pyridine rings is 1. The summed E-state index contributed by atoms with van der Waals surface area (Å²) in [6.45, 7) is 11.3. The van der Waals surface area contributed by atoms with Gasteiger partial charge in [0, 0.05) is 44.5 Å². The maximum Gasteiger partial charge on any atom is 0.255 e. The summed E-state index contributed by atoms with van der Waals surface area (Å²) in [5, 5.41) is 0. The highest BCUT2D eigenvalue weighted by Crippen LogP contribution is 2.27. The van der Waals surface area contributed by atoms with Crippen molar-refractivity contribution in [2.45, 2.75) is 39.3 Å². The van der Waals surface area contributed by atoms with Crippen molar-refractivity contribution in [1.82, 2.24) is 14.8 Å². The minimum atomic E-state index is 0.0674. The number of nitrogens with zero attached hydrogens (tertiary/aromatic N) is 3. The quantitative estimate of drug-likeness (QED) is 0.816. The Kier molecular flexibility index (Phi) is 5.91. The van der Waals surface area contributed by atoms with E-state index in [1.165, 1.54) is 0 Å². The van der Waals surface area contributed by atoms with Crippen LogP contribution in [0.25, 0.3) is 0 Å². The van der Waals surface area contributed by atoms with Crippen LogP contribution in [0.1, 0.15) is 37.6 Å². The van der Waals surface area contributed by atoms with Gasteiger partial charge in [0.15, 0.2) is 0 Å². The van der Waals surface area contributed by atoms with Gasteiger partial charge >= 0.3 is 0 Å². The smallest absolute Gasteiger partial charge is 0.255 e. The van der Waals surface area contributed by atoms with E-state index in [9.17, 15) is 4.79 Å². The van der Waals surface area contributed by atoms with E-state index < -0.39 is 0 Å². The number of aromatic nitrogens is 1. The van der Waals surface area contributed by atoms with Gasteiger partial charge in [0.05, 0.1) is 24.9 Å². The molecule has 1 amide bonds. The fourth-order valence-corrected chi connectivity index (χ4v) is 3.74. The van der Waals surface area contributed by atoms with Crippen LogP contribution in [0.5, 0.6) is 5.88 Å². The van der Waals surface area contributed by atoms with Crippen molar-refractivity contribution < 1.29 is 14.3 Å². The lowest BCUT2D eigenvalue weighted by Gasteiger charge is -2.34. The second-order valence-corrected chi connectivity index (χ2v) is 7.15. The van der Waals surface area contributed by atoms with Crippen LogP contribution < -0.4 is 4.74 Å². The molecule has 2 atom stereocenters. The summed E-state index contributed by atoms with van der Waals surface area (Å²) < 4.78 is 11.0. The van der Waals surface area contributed by atoms with Gasteiger partial charge in [0.2, 0.25) is 5.88 Å². The van der Waals surface area contributed by atoms with Gasteiger partial charge in [-0.15, -0.1) is 0 Å². The predicted molar refractivity (Wildman–Crippen MR) is 95.9 cm³/mol. The number of rotatable bonds is 5. The number of morpholine rings is 1. The number of likely N-dealkylation sites (tertiary alicyclic amines) is 1. The Morgan fingerprint density at radius 3 is 2.68 bits per heavy atom. The molecule has 3 rings (SSSR count). The number of amides is 1.